The van der Waals surface area contributed by atoms with E-state index in [9.17, 15) is 0 Å². The predicted molar refractivity (Wildman–Crippen MR) is 53.4 cm³/mol. The van der Waals surface area contributed by atoms with Crippen LogP contribution in [0.25, 0.3) is 11.0 Å². The fourth-order valence-corrected chi connectivity index (χ4v) is 1.62. The minimum atomic E-state index is 0.319. The molecule has 0 aliphatic heterocycles. The monoisotopic (exact) mass is 240 g/mol. The molecule has 0 N–H and O–H groups in total. The average molecular weight is 241 g/mol. The van der Waals surface area contributed by atoms with E-state index >= 15 is 0 Å². The van der Waals surface area contributed by atoms with Gasteiger partial charge in [0.1, 0.15) is 10.1 Å². The quantitative estimate of drug-likeness (QED) is 0.718. The van der Waals surface area contributed by atoms with Crippen molar-refractivity contribution in [2.75, 3.05) is 0 Å². The molecule has 0 aliphatic rings. The van der Waals surface area contributed by atoms with E-state index in [0.29, 0.717) is 6.04 Å². The smallest absolute Gasteiger partial charge is 0.145 e. The Labute approximate surface area is 84.1 Å². The van der Waals surface area contributed by atoms with E-state index in [4.69, 9.17) is 0 Å². The van der Waals surface area contributed by atoms with Crippen LogP contribution in [0.5, 0.6) is 0 Å². The van der Waals surface area contributed by atoms with Crippen LogP contribution in [0.3, 0.4) is 0 Å². The van der Waals surface area contributed by atoms with Crippen molar-refractivity contribution in [1.29, 1.82) is 0 Å². The van der Waals surface area contributed by atoms with Gasteiger partial charge in [0.2, 0.25) is 0 Å². The van der Waals surface area contributed by atoms with Gasteiger partial charge in [-0.1, -0.05) is 5.21 Å². The first-order valence-electron chi connectivity index (χ1n) is 4.05. The molecule has 0 spiro atoms. The molecule has 68 valence electrons. The van der Waals surface area contributed by atoms with Gasteiger partial charge in [0.25, 0.3) is 0 Å². The highest BCUT2D eigenvalue weighted by molar-refractivity contribution is 9.10. The van der Waals surface area contributed by atoms with Crippen LogP contribution in [0.15, 0.2) is 16.9 Å². The average Bonchev–Trinajstić information content (AvgIpc) is 2.48. The van der Waals surface area contributed by atoms with Crippen molar-refractivity contribution in [3.63, 3.8) is 0 Å². The number of pyridine rings is 1. The molecule has 0 aromatic carbocycles. The second kappa shape index (κ2) is 3.06. The van der Waals surface area contributed by atoms with Gasteiger partial charge in [-0.15, -0.1) is 5.10 Å². The van der Waals surface area contributed by atoms with Crippen LogP contribution in [0.2, 0.25) is 0 Å². The topological polar surface area (TPSA) is 43.6 Å². The van der Waals surface area contributed by atoms with Gasteiger partial charge in [0, 0.05) is 12.2 Å². The lowest BCUT2D eigenvalue weighted by atomic mass is 10.3. The van der Waals surface area contributed by atoms with E-state index in [1.54, 1.807) is 6.20 Å². The summed E-state index contributed by atoms with van der Waals surface area (Å²) in [6.07, 6.45) is 1.74. The zero-order valence-electron chi connectivity index (χ0n) is 7.40. The molecule has 0 aliphatic carbocycles. The fourth-order valence-electron chi connectivity index (χ4n) is 1.22. The standard InChI is InChI=1S/C8H9BrN4/c1-5(2)13-6-3-4-10-8(9)7(6)11-12-13/h3-5H,1-2H3. The lowest BCUT2D eigenvalue weighted by Crippen LogP contribution is -2.02. The second-order valence-corrected chi connectivity index (χ2v) is 3.85. The maximum atomic E-state index is 4.08. The Morgan fingerprint density at radius 1 is 1.46 bits per heavy atom. The number of halogens is 1. The highest BCUT2D eigenvalue weighted by atomic mass is 79.9. The van der Waals surface area contributed by atoms with Crippen molar-refractivity contribution in [3.8, 4) is 0 Å². The van der Waals surface area contributed by atoms with E-state index in [0.717, 1.165) is 15.6 Å². The normalized spacial score (nSPS) is 11.4. The third-order valence-corrected chi connectivity index (χ3v) is 2.42. The fraction of sp³-hybridized carbons (Fsp3) is 0.375. The van der Waals surface area contributed by atoms with Gasteiger partial charge in [-0.3, -0.25) is 0 Å². The number of hydrogen-bond acceptors (Lipinski definition) is 3. The highest BCUT2D eigenvalue weighted by Crippen LogP contribution is 2.20. The minimum absolute atomic E-state index is 0.319. The van der Waals surface area contributed by atoms with Gasteiger partial charge in [-0.05, 0) is 35.8 Å². The molecule has 0 atom stereocenters. The van der Waals surface area contributed by atoms with Crippen LogP contribution in [0.1, 0.15) is 19.9 Å². The number of fused-ring (bicyclic) bond motifs is 1. The second-order valence-electron chi connectivity index (χ2n) is 3.10. The summed E-state index contributed by atoms with van der Waals surface area (Å²) in [6.45, 7) is 4.14. The molecule has 0 unspecified atom stereocenters. The van der Waals surface area contributed by atoms with Crippen molar-refractivity contribution in [3.05, 3.63) is 16.9 Å². The molecule has 2 aromatic rings. The first-order chi connectivity index (χ1) is 6.20. The van der Waals surface area contributed by atoms with Crippen LogP contribution in [0, 0.1) is 0 Å². The van der Waals surface area contributed by atoms with E-state index in [-0.39, 0.29) is 0 Å². The maximum Gasteiger partial charge on any atom is 0.145 e. The highest BCUT2D eigenvalue weighted by Gasteiger charge is 2.09. The lowest BCUT2D eigenvalue weighted by molar-refractivity contribution is 0.530. The van der Waals surface area contributed by atoms with E-state index in [1.807, 2.05) is 10.7 Å². The summed E-state index contributed by atoms with van der Waals surface area (Å²) in [4.78, 5) is 4.08. The molecule has 2 heterocycles. The predicted octanol–water partition coefficient (Wildman–Crippen LogP) is 2.17. The van der Waals surface area contributed by atoms with Crippen molar-refractivity contribution in [2.45, 2.75) is 19.9 Å². The number of aromatic nitrogens is 4. The van der Waals surface area contributed by atoms with Crippen molar-refractivity contribution < 1.29 is 0 Å². The van der Waals surface area contributed by atoms with Crippen LogP contribution in [-0.2, 0) is 0 Å². The van der Waals surface area contributed by atoms with Crippen molar-refractivity contribution in [2.24, 2.45) is 0 Å². The van der Waals surface area contributed by atoms with Gasteiger partial charge in [0.05, 0.1) is 5.52 Å². The summed E-state index contributed by atoms with van der Waals surface area (Å²) in [5.41, 5.74) is 1.83. The molecule has 5 heteroatoms. The molecule has 4 nitrogen and oxygen atoms in total. The number of hydrogen-bond donors (Lipinski definition) is 0. The van der Waals surface area contributed by atoms with Gasteiger partial charge < -0.3 is 0 Å². The molecule has 0 amide bonds. The minimum Gasteiger partial charge on any atom is -0.247 e. The molecular formula is C8H9BrN4. The number of nitrogens with zero attached hydrogens (tertiary/aromatic N) is 4. The van der Waals surface area contributed by atoms with Crippen molar-refractivity contribution >= 4 is 27.0 Å². The van der Waals surface area contributed by atoms with Gasteiger partial charge >= 0.3 is 0 Å². The van der Waals surface area contributed by atoms with Gasteiger partial charge in [-0.2, -0.15) is 0 Å². The van der Waals surface area contributed by atoms with Gasteiger partial charge in [0.15, 0.2) is 0 Å². The summed E-state index contributed by atoms with van der Waals surface area (Å²) in [6, 6.07) is 2.24. The molecule has 0 radical (unpaired) electrons. The molecule has 0 saturated heterocycles. The lowest BCUT2D eigenvalue weighted by Gasteiger charge is -2.04. The molecule has 0 saturated carbocycles. The van der Waals surface area contributed by atoms with Crippen LogP contribution < -0.4 is 0 Å². The number of rotatable bonds is 1. The van der Waals surface area contributed by atoms with E-state index in [2.05, 4.69) is 45.1 Å². The Kier molecular flexibility index (Phi) is 2.03. The third kappa shape index (κ3) is 1.33. The molecule has 2 rings (SSSR count). The Hall–Kier alpha value is -0.970. The van der Waals surface area contributed by atoms with Crippen molar-refractivity contribution in [1.82, 2.24) is 20.0 Å². The largest absolute Gasteiger partial charge is 0.247 e. The van der Waals surface area contributed by atoms with Crippen LogP contribution in [0.4, 0.5) is 0 Å². The Bertz CT molecular complexity index is 435. The Balaban J connectivity index is 2.75. The first kappa shape index (κ1) is 8.62. The Morgan fingerprint density at radius 3 is 2.92 bits per heavy atom. The van der Waals surface area contributed by atoms with E-state index < -0.39 is 0 Å². The summed E-state index contributed by atoms with van der Waals surface area (Å²) in [7, 11) is 0. The van der Waals surface area contributed by atoms with Crippen LogP contribution >= 0.6 is 15.9 Å². The maximum absolute atomic E-state index is 4.08. The zero-order chi connectivity index (χ0) is 9.42. The van der Waals surface area contributed by atoms with Gasteiger partial charge in [-0.25, -0.2) is 9.67 Å². The molecule has 0 fully saturated rings. The summed E-state index contributed by atoms with van der Waals surface area (Å²) < 4.78 is 2.62. The summed E-state index contributed by atoms with van der Waals surface area (Å²) >= 11 is 3.33. The third-order valence-electron chi connectivity index (χ3n) is 1.84. The molecular weight excluding hydrogens is 232 g/mol. The van der Waals surface area contributed by atoms with Crippen LogP contribution in [-0.4, -0.2) is 20.0 Å². The molecule has 0 bridgehead atoms. The SMILES string of the molecule is CC(C)n1nnc2c(Br)nccc21. The summed E-state index contributed by atoms with van der Waals surface area (Å²) in [5, 5.41) is 8.10. The Morgan fingerprint density at radius 2 is 2.23 bits per heavy atom. The first-order valence-corrected chi connectivity index (χ1v) is 4.85. The van der Waals surface area contributed by atoms with E-state index in [1.165, 1.54) is 0 Å². The summed E-state index contributed by atoms with van der Waals surface area (Å²) in [5.74, 6) is 0. The molecule has 2 aromatic heterocycles. The molecule has 13 heavy (non-hydrogen) atoms. The zero-order valence-corrected chi connectivity index (χ0v) is 8.98.